The van der Waals surface area contributed by atoms with Crippen molar-refractivity contribution in [1.29, 1.82) is 5.26 Å². The van der Waals surface area contributed by atoms with Crippen LogP contribution in [0.3, 0.4) is 0 Å². The summed E-state index contributed by atoms with van der Waals surface area (Å²) in [6.07, 6.45) is 1.78. The second-order valence-electron chi connectivity index (χ2n) is 4.55. The van der Waals surface area contributed by atoms with Gasteiger partial charge in [-0.05, 0) is 35.4 Å². The number of rotatable bonds is 5. The predicted molar refractivity (Wildman–Crippen MR) is 83.6 cm³/mol. The van der Waals surface area contributed by atoms with Crippen LogP contribution in [0.25, 0.3) is 0 Å². The van der Waals surface area contributed by atoms with Crippen molar-refractivity contribution in [2.75, 3.05) is 7.11 Å². The first-order chi connectivity index (χ1) is 10.7. The molecule has 110 valence electrons. The van der Waals surface area contributed by atoms with Gasteiger partial charge in [-0.3, -0.25) is 4.79 Å². The number of hydrogen-bond donors (Lipinski definition) is 1. The zero-order valence-corrected chi connectivity index (χ0v) is 12.1. The number of amides is 1. The van der Waals surface area contributed by atoms with Gasteiger partial charge in [-0.2, -0.15) is 10.4 Å². The summed E-state index contributed by atoms with van der Waals surface area (Å²) in [7, 11) is 1.60. The number of nitrogens with zero attached hydrogens (tertiary/aromatic N) is 2. The van der Waals surface area contributed by atoms with E-state index in [9.17, 15) is 4.79 Å². The number of hydrazone groups is 1. The predicted octanol–water partition coefficient (Wildman–Crippen LogP) is 2.26. The topological polar surface area (TPSA) is 74.5 Å². The molecule has 0 aliphatic heterocycles. The fourth-order valence-corrected chi connectivity index (χ4v) is 1.79. The summed E-state index contributed by atoms with van der Waals surface area (Å²) in [6.45, 7) is 0. The van der Waals surface area contributed by atoms with Crippen molar-refractivity contribution in [2.45, 2.75) is 6.42 Å². The molecule has 2 aromatic rings. The van der Waals surface area contributed by atoms with E-state index in [1.165, 1.54) is 6.21 Å². The van der Waals surface area contributed by atoms with Crippen LogP contribution in [-0.2, 0) is 11.2 Å². The smallest absolute Gasteiger partial charge is 0.244 e. The van der Waals surface area contributed by atoms with E-state index in [-0.39, 0.29) is 12.3 Å². The number of methoxy groups -OCH3 is 1. The third-order valence-electron chi connectivity index (χ3n) is 2.97. The summed E-state index contributed by atoms with van der Waals surface area (Å²) in [5.74, 6) is 0.554. The van der Waals surface area contributed by atoms with Crippen LogP contribution in [0, 0.1) is 11.3 Å². The molecule has 0 aliphatic carbocycles. The van der Waals surface area contributed by atoms with Crippen LogP contribution in [0.5, 0.6) is 5.75 Å². The third kappa shape index (κ3) is 4.46. The number of ether oxygens (including phenoxy) is 1. The lowest BCUT2D eigenvalue weighted by atomic mass is 10.1. The largest absolute Gasteiger partial charge is 0.497 e. The number of carbonyl (C=O) groups excluding carboxylic acids is 1. The Balaban J connectivity index is 1.86. The molecule has 0 saturated carbocycles. The van der Waals surface area contributed by atoms with E-state index in [4.69, 9.17) is 10.00 Å². The van der Waals surface area contributed by atoms with E-state index in [1.54, 1.807) is 31.4 Å². The molecule has 1 N–H and O–H groups in total. The van der Waals surface area contributed by atoms with Crippen LogP contribution < -0.4 is 10.2 Å². The highest BCUT2D eigenvalue weighted by atomic mass is 16.5. The maximum absolute atomic E-state index is 11.8. The van der Waals surface area contributed by atoms with Gasteiger partial charge in [0.25, 0.3) is 0 Å². The quantitative estimate of drug-likeness (QED) is 0.678. The maximum atomic E-state index is 11.8. The van der Waals surface area contributed by atoms with Crippen LogP contribution in [0.2, 0.25) is 0 Å². The molecular weight excluding hydrogens is 278 g/mol. The number of benzene rings is 2. The Bertz CT molecular complexity index is 698. The summed E-state index contributed by atoms with van der Waals surface area (Å²) in [6, 6.07) is 16.2. The van der Waals surface area contributed by atoms with Gasteiger partial charge in [0.05, 0.1) is 31.4 Å². The zero-order chi connectivity index (χ0) is 15.8. The molecule has 0 aromatic heterocycles. The molecule has 0 saturated heterocycles. The van der Waals surface area contributed by atoms with Crippen LogP contribution in [0.4, 0.5) is 0 Å². The molecule has 2 rings (SSSR count). The Morgan fingerprint density at radius 2 is 1.91 bits per heavy atom. The van der Waals surface area contributed by atoms with Gasteiger partial charge in [-0.1, -0.05) is 24.3 Å². The minimum absolute atomic E-state index is 0.199. The van der Waals surface area contributed by atoms with Crippen molar-refractivity contribution in [3.05, 3.63) is 65.2 Å². The molecular formula is C17H15N3O2. The number of hydrogen-bond acceptors (Lipinski definition) is 4. The summed E-state index contributed by atoms with van der Waals surface area (Å²) in [5.41, 5.74) is 4.75. The number of nitriles is 1. The van der Waals surface area contributed by atoms with Crippen LogP contribution in [0.15, 0.2) is 53.6 Å². The van der Waals surface area contributed by atoms with Gasteiger partial charge in [0, 0.05) is 0 Å². The second kappa shape index (κ2) is 7.60. The van der Waals surface area contributed by atoms with Crippen molar-refractivity contribution < 1.29 is 9.53 Å². The van der Waals surface area contributed by atoms with Crippen molar-refractivity contribution in [3.63, 3.8) is 0 Å². The number of nitrogens with one attached hydrogen (secondary N) is 1. The molecule has 0 aliphatic rings. The van der Waals surface area contributed by atoms with Gasteiger partial charge in [-0.25, -0.2) is 5.43 Å². The molecule has 5 nitrogen and oxygen atoms in total. The first kappa shape index (κ1) is 15.3. The zero-order valence-electron chi connectivity index (χ0n) is 12.1. The minimum Gasteiger partial charge on any atom is -0.497 e. The van der Waals surface area contributed by atoms with Crippen molar-refractivity contribution in [2.24, 2.45) is 5.10 Å². The van der Waals surface area contributed by atoms with E-state index in [0.717, 1.165) is 16.9 Å². The molecule has 22 heavy (non-hydrogen) atoms. The lowest BCUT2D eigenvalue weighted by Gasteiger charge is -2.02. The third-order valence-corrected chi connectivity index (χ3v) is 2.97. The first-order valence-corrected chi connectivity index (χ1v) is 6.66. The molecule has 0 unspecified atom stereocenters. The lowest BCUT2D eigenvalue weighted by Crippen LogP contribution is -2.19. The Morgan fingerprint density at radius 1 is 1.23 bits per heavy atom. The molecule has 0 bridgehead atoms. The Labute approximate surface area is 128 Å². The minimum atomic E-state index is -0.199. The van der Waals surface area contributed by atoms with E-state index in [2.05, 4.69) is 10.5 Å². The van der Waals surface area contributed by atoms with E-state index < -0.39 is 0 Å². The van der Waals surface area contributed by atoms with Crippen LogP contribution in [-0.4, -0.2) is 19.2 Å². The SMILES string of the molecule is COc1ccc(CC(=O)N/N=C/c2ccc(C#N)cc2)cc1. The van der Waals surface area contributed by atoms with Crippen LogP contribution >= 0.6 is 0 Å². The standard InChI is InChI=1S/C17H15N3O2/c1-22-16-8-6-13(7-9-16)10-17(21)20-19-12-15-4-2-14(11-18)3-5-15/h2-9,12H,10H2,1H3,(H,20,21)/b19-12+. The molecule has 0 fully saturated rings. The molecule has 5 heteroatoms. The molecule has 2 aromatic carbocycles. The van der Waals surface area contributed by atoms with Gasteiger partial charge in [0.15, 0.2) is 0 Å². The lowest BCUT2D eigenvalue weighted by molar-refractivity contribution is -0.120. The van der Waals surface area contributed by atoms with Gasteiger partial charge in [0.2, 0.25) is 5.91 Å². The van der Waals surface area contributed by atoms with Crippen molar-refractivity contribution in [3.8, 4) is 11.8 Å². The highest BCUT2D eigenvalue weighted by molar-refractivity contribution is 5.83. The first-order valence-electron chi connectivity index (χ1n) is 6.66. The Kier molecular flexibility index (Phi) is 5.27. The summed E-state index contributed by atoms with van der Waals surface area (Å²) < 4.78 is 5.06. The normalized spacial score (nSPS) is 10.2. The van der Waals surface area contributed by atoms with E-state index >= 15 is 0 Å². The van der Waals surface area contributed by atoms with Gasteiger partial charge in [0.1, 0.15) is 5.75 Å². The maximum Gasteiger partial charge on any atom is 0.244 e. The van der Waals surface area contributed by atoms with Gasteiger partial charge >= 0.3 is 0 Å². The molecule has 0 atom stereocenters. The second-order valence-corrected chi connectivity index (χ2v) is 4.55. The monoisotopic (exact) mass is 293 g/mol. The molecule has 0 radical (unpaired) electrons. The molecule has 0 heterocycles. The molecule has 0 spiro atoms. The molecule has 1 amide bonds. The fraction of sp³-hybridized carbons (Fsp3) is 0.118. The summed E-state index contributed by atoms with van der Waals surface area (Å²) in [4.78, 5) is 11.8. The van der Waals surface area contributed by atoms with E-state index in [0.29, 0.717) is 5.56 Å². The highest BCUT2D eigenvalue weighted by Crippen LogP contribution is 2.11. The Morgan fingerprint density at radius 3 is 2.50 bits per heavy atom. The van der Waals surface area contributed by atoms with Gasteiger partial charge in [-0.15, -0.1) is 0 Å². The highest BCUT2D eigenvalue weighted by Gasteiger charge is 2.02. The van der Waals surface area contributed by atoms with Gasteiger partial charge < -0.3 is 4.74 Å². The van der Waals surface area contributed by atoms with Crippen LogP contribution in [0.1, 0.15) is 16.7 Å². The summed E-state index contributed by atoms with van der Waals surface area (Å²) >= 11 is 0. The average molecular weight is 293 g/mol. The summed E-state index contributed by atoms with van der Waals surface area (Å²) in [5, 5.41) is 12.6. The van der Waals surface area contributed by atoms with E-state index in [1.807, 2.05) is 30.3 Å². The fourth-order valence-electron chi connectivity index (χ4n) is 1.79. The number of carbonyl (C=O) groups is 1. The van der Waals surface area contributed by atoms with Crippen molar-refractivity contribution in [1.82, 2.24) is 5.43 Å². The Hall–Kier alpha value is -3.13. The average Bonchev–Trinajstić information content (AvgIpc) is 2.56. The van der Waals surface area contributed by atoms with Crippen molar-refractivity contribution >= 4 is 12.1 Å².